The van der Waals surface area contributed by atoms with E-state index < -0.39 is 29.2 Å². The molecule has 1 aliphatic carbocycles. The lowest BCUT2D eigenvalue weighted by atomic mass is 9.89. The zero-order valence-electron chi connectivity index (χ0n) is 9.06. The monoisotopic (exact) mass is 240 g/mol. The Kier molecular flexibility index (Phi) is 2.92. The lowest BCUT2D eigenvalue weighted by Crippen LogP contribution is -2.10. The molecule has 1 aromatic carbocycles. The van der Waals surface area contributed by atoms with Crippen molar-refractivity contribution in [3.05, 3.63) is 23.5 Å². The van der Waals surface area contributed by atoms with E-state index in [4.69, 9.17) is 5.11 Å². The first-order chi connectivity index (χ1) is 8.00. The molecule has 1 saturated carbocycles. The van der Waals surface area contributed by atoms with Gasteiger partial charge in [-0.25, -0.2) is 4.39 Å². The fourth-order valence-electron chi connectivity index (χ4n) is 2.12. The van der Waals surface area contributed by atoms with Gasteiger partial charge in [-0.3, -0.25) is 4.79 Å². The molecule has 0 radical (unpaired) electrons. The maximum atomic E-state index is 13.7. The highest BCUT2D eigenvalue weighted by molar-refractivity contribution is 5.68. The Balaban J connectivity index is 2.41. The topological polar surface area (TPSA) is 77.8 Å². The van der Waals surface area contributed by atoms with E-state index in [9.17, 15) is 19.4 Å². The van der Waals surface area contributed by atoms with Crippen molar-refractivity contribution in [1.29, 1.82) is 0 Å². The van der Waals surface area contributed by atoms with Crippen LogP contribution in [0.25, 0.3) is 0 Å². The number of rotatable bonds is 4. The Morgan fingerprint density at radius 2 is 2.06 bits per heavy atom. The summed E-state index contributed by atoms with van der Waals surface area (Å²) in [6.45, 7) is 0. The molecular formula is C12H13FO4. The molecule has 1 aliphatic rings. The molecule has 3 N–H and O–H groups in total. The number of halogens is 1. The zero-order valence-corrected chi connectivity index (χ0v) is 9.06. The number of phenols is 2. The summed E-state index contributed by atoms with van der Waals surface area (Å²) in [6, 6.07) is 2.10. The molecule has 17 heavy (non-hydrogen) atoms. The van der Waals surface area contributed by atoms with E-state index >= 15 is 0 Å². The highest BCUT2D eigenvalue weighted by atomic mass is 19.1. The second-order valence-corrected chi connectivity index (χ2v) is 4.37. The fraction of sp³-hybridized carbons (Fsp3) is 0.417. The Labute approximate surface area is 97.3 Å². The van der Waals surface area contributed by atoms with Gasteiger partial charge in [-0.1, -0.05) is 0 Å². The van der Waals surface area contributed by atoms with E-state index in [0.717, 1.165) is 25.0 Å². The van der Waals surface area contributed by atoms with Gasteiger partial charge in [0.15, 0.2) is 11.5 Å². The minimum absolute atomic E-state index is 0.0742. The second kappa shape index (κ2) is 4.24. The Hall–Kier alpha value is -1.78. The van der Waals surface area contributed by atoms with Gasteiger partial charge < -0.3 is 15.3 Å². The van der Waals surface area contributed by atoms with Gasteiger partial charge in [0, 0.05) is 11.5 Å². The molecule has 2 rings (SSSR count). The lowest BCUT2D eigenvalue weighted by Gasteiger charge is -2.17. The van der Waals surface area contributed by atoms with Gasteiger partial charge in [0.05, 0.1) is 6.42 Å². The van der Waals surface area contributed by atoms with E-state index in [-0.39, 0.29) is 17.9 Å². The van der Waals surface area contributed by atoms with Crippen molar-refractivity contribution in [2.45, 2.75) is 25.2 Å². The highest BCUT2D eigenvalue weighted by Gasteiger charge is 2.37. The summed E-state index contributed by atoms with van der Waals surface area (Å²) in [7, 11) is 0. The molecule has 1 aromatic rings. The first-order valence-electron chi connectivity index (χ1n) is 5.42. The van der Waals surface area contributed by atoms with Gasteiger partial charge in [-0.2, -0.15) is 0 Å². The van der Waals surface area contributed by atoms with Crippen molar-refractivity contribution in [2.75, 3.05) is 0 Å². The molecule has 1 unspecified atom stereocenters. The van der Waals surface area contributed by atoms with Crippen LogP contribution < -0.4 is 0 Å². The Bertz CT molecular complexity index is 454. The first kappa shape index (κ1) is 11.7. The molecule has 0 amide bonds. The second-order valence-electron chi connectivity index (χ2n) is 4.37. The van der Waals surface area contributed by atoms with Crippen molar-refractivity contribution in [3.8, 4) is 11.5 Å². The summed E-state index contributed by atoms with van der Waals surface area (Å²) < 4.78 is 13.7. The molecule has 92 valence electrons. The first-order valence-corrected chi connectivity index (χ1v) is 5.42. The van der Waals surface area contributed by atoms with Crippen molar-refractivity contribution < 1.29 is 24.5 Å². The third-order valence-corrected chi connectivity index (χ3v) is 3.10. The summed E-state index contributed by atoms with van der Waals surface area (Å²) in [6.07, 6.45) is 1.41. The van der Waals surface area contributed by atoms with Gasteiger partial charge in [-0.05, 0) is 30.9 Å². The molecule has 0 aromatic heterocycles. The van der Waals surface area contributed by atoms with Crippen molar-refractivity contribution in [2.24, 2.45) is 5.92 Å². The molecular weight excluding hydrogens is 227 g/mol. The SMILES string of the molecule is O=C(O)CC(c1c(F)ccc(O)c1O)C1CC1. The van der Waals surface area contributed by atoms with E-state index in [1.165, 1.54) is 0 Å². The molecule has 5 heteroatoms. The van der Waals surface area contributed by atoms with E-state index in [1.807, 2.05) is 0 Å². The third-order valence-electron chi connectivity index (χ3n) is 3.10. The Morgan fingerprint density at radius 1 is 1.41 bits per heavy atom. The lowest BCUT2D eigenvalue weighted by molar-refractivity contribution is -0.137. The fourth-order valence-corrected chi connectivity index (χ4v) is 2.12. The molecule has 1 atom stereocenters. The summed E-state index contributed by atoms with van der Waals surface area (Å²) >= 11 is 0. The minimum atomic E-state index is -1.04. The normalized spacial score (nSPS) is 16.8. The third kappa shape index (κ3) is 2.33. The zero-order chi connectivity index (χ0) is 12.6. The summed E-state index contributed by atoms with van der Waals surface area (Å²) in [5.74, 6) is -3.16. The standard InChI is InChI=1S/C12H13FO4/c13-8-3-4-9(14)12(17)11(8)7(5-10(15)16)6-1-2-6/h3-4,6-7,14,17H,1-2,5H2,(H,15,16). The molecule has 4 nitrogen and oxygen atoms in total. The number of hydrogen-bond donors (Lipinski definition) is 3. The van der Waals surface area contributed by atoms with Crippen LogP contribution in [-0.2, 0) is 4.79 Å². The minimum Gasteiger partial charge on any atom is -0.504 e. The maximum absolute atomic E-state index is 13.7. The Morgan fingerprint density at radius 3 is 2.59 bits per heavy atom. The van der Waals surface area contributed by atoms with Crippen LogP contribution in [0.4, 0.5) is 4.39 Å². The highest BCUT2D eigenvalue weighted by Crippen LogP contribution is 2.49. The average Bonchev–Trinajstić information content (AvgIpc) is 3.06. The molecule has 0 saturated heterocycles. The van der Waals surface area contributed by atoms with Crippen molar-refractivity contribution in [3.63, 3.8) is 0 Å². The molecule has 0 heterocycles. The van der Waals surface area contributed by atoms with Gasteiger partial charge in [-0.15, -0.1) is 0 Å². The van der Waals surface area contributed by atoms with Crippen LogP contribution in [0.15, 0.2) is 12.1 Å². The van der Waals surface area contributed by atoms with Crippen molar-refractivity contribution in [1.82, 2.24) is 0 Å². The molecule has 1 fully saturated rings. The van der Waals surface area contributed by atoms with Crippen LogP contribution in [0.3, 0.4) is 0 Å². The van der Waals surface area contributed by atoms with Crippen LogP contribution in [0.5, 0.6) is 11.5 Å². The van der Waals surface area contributed by atoms with Crippen LogP contribution in [0.2, 0.25) is 0 Å². The van der Waals surface area contributed by atoms with Gasteiger partial charge in [0.1, 0.15) is 5.82 Å². The number of hydrogen-bond acceptors (Lipinski definition) is 3. The maximum Gasteiger partial charge on any atom is 0.303 e. The number of carboxylic acids is 1. The number of carboxylic acid groups (broad SMARTS) is 1. The quantitative estimate of drug-likeness (QED) is 0.705. The van der Waals surface area contributed by atoms with Crippen LogP contribution in [0, 0.1) is 11.7 Å². The van der Waals surface area contributed by atoms with Crippen LogP contribution >= 0.6 is 0 Å². The van der Waals surface area contributed by atoms with Gasteiger partial charge in [0.25, 0.3) is 0 Å². The number of aromatic hydroxyl groups is 2. The van der Waals surface area contributed by atoms with Gasteiger partial charge >= 0.3 is 5.97 Å². The largest absolute Gasteiger partial charge is 0.504 e. The number of carbonyl (C=O) groups is 1. The molecule has 0 bridgehead atoms. The van der Waals surface area contributed by atoms with Crippen LogP contribution in [-0.4, -0.2) is 21.3 Å². The van der Waals surface area contributed by atoms with E-state index in [0.29, 0.717) is 0 Å². The predicted molar refractivity (Wildman–Crippen MR) is 57.4 cm³/mol. The van der Waals surface area contributed by atoms with Crippen molar-refractivity contribution >= 4 is 5.97 Å². The summed E-state index contributed by atoms with van der Waals surface area (Å²) in [5.41, 5.74) is -0.0742. The number of phenolic OH excluding ortho intramolecular Hbond substituents is 2. The average molecular weight is 240 g/mol. The summed E-state index contributed by atoms with van der Waals surface area (Å²) in [4.78, 5) is 10.8. The summed E-state index contributed by atoms with van der Waals surface area (Å²) in [5, 5.41) is 27.8. The van der Waals surface area contributed by atoms with E-state index in [1.54, 1.807) is 0 Å². The van der Waals surface area contributed by atoms with E-state index in [2.05, 4.69) is 0 Å². The number of benzene rings is 1. The molecule has 0 spiro atoms. The van der Waals surface area contributed by atoms with Crippen LogP contribution in [0.1, 0.15) is 30.7 Å². The molecule has 0 aliphatic heterocycles. The van der Waals surface area contributed by atoms with Gasteiger partial charge in [0.2, 0.25) is 0 Å². The smallest absolute Gasteiger partial charge is 0.303 e. The number of aliphatic carboxylic acids is 1. The predicted octanol–water partition coefficient (Wildman–Crippen LogP) is 2.21.